The van der Waals surface area contributed by atoms with E-state index in [-0.39, 0.29) is 29.4 Å². The van der Waals surface area contributed by atoms with Gasteiger partial charge in [0, 0.05) is 6.54 Å². The molecule has 0 bridgehead atoms. The lowest BCUT2D eigenvalue weighted by molar-refractivity contribution is 0.0513. The first-order chi connectivity index (χ1) is 11.7. The topological polar surface area (TPSA) is 92.7 Å². The fourth-order valence-electron chi connectivity index (χ4n) is 2.66. The van der Waals surface area contributed by atoms with Crippen LogP contribution in [0.2, 0.25) is 0 Å². The normalized spacial score (nSPS) is 11.3. The van der Waals surface area contributed by atoms with Gasteiger partial charge in [-0.2, -0.15) is 0 Å². The Morgan fingerprint density at radius 1 is 1.08 bits per heavy atom. The van der Waals surface area contributed by atoms with Crippen LogP contribution in [-0.2, 0) is 14.8 Å². The lowest BCUT2D eigenvalue weighted by Crippen LogP contribution is -2.29. The van der Waals surface area contributed by atoms with Crippen LogP contribution in [0.5, 0.6) is 5.75 Å². The van der Waals surface area contributed by atoms with Crippen molar-refractivity contribution < 1.29 is 23.1 Å². The molecule has 0 unspecified atom stereocenters. The Bertz CT molecular complexity index is 850. The fraction of sp³-hybridized carbons (Fsp3) is 0.278. The van der Waals surface area contributed by atoms with Crippen molar-refractivity contribution in [3.8, 4) is 5.75 Å². The Balaban J connectivity index is 1.95. The van der Waals surface area contributed by atoms with Crippen LogP contribution < -0.4 is 4.72 Å². The van der Waals surface area contributed by atoms with Gasteiger partial charge >= 0.3 is 5.97 Å². The Morgan fingerprint density at radius 2 is 1.64 bits per heavy atom. The Labute approximate surface area is 147 Å². The fourth-order valence-corrected chi connectivity index (χ4v) is 4.13. The number of carbonyl (C=O) groups is 1. The average Bonchev–Trinajstić information content (AvgIpc) is 2.50. The predicted molar refractivity (Wildman–Crippen MR) is 94.2 cm³/mol. The SMILES string of the molecule is Cc1cc(C)c(S(=O)(=O)NCCOC(=O)c2ccc(O)cc2)c(C)c1. The number of aromatic hydroxyl groups is 1. The van der Waals surface area contributed by atoms with E-state index < -0.39 is 16.0 Å². The van der Waals surface area contributed by atoms with Crippen molar-refractivity contribution in [1.82, 2.24) is 4.72 Å². The minimum Gasteiger partial charge on any atom is -0.508 e. The van der Waals surface area contributed by atoms with Gasteiger partial charge in [-0.05, 0) is 56.2 Å². The predicted octanol–water partition coefficient (Wildman–Crippen LogP) is 2.45. The highest BCUT2D eigenvalue weighted by Crippen LogP contribution is 2.21. The Kier molecular flexibility index (Phi) is 5.81. The van der Waals surface area contributed by atoms with Gasteiger partial charge in [-0.25, -0.2) is 17.9 Å². The molecule has 2 aromatic rings. The summed E-state index contributed by atoms with van der Waals surface area (Å²) in [5, 5.41) is 9.18. The molecule has 2 aromatic carbocycles. The smallest absolute Gasteiger partial charge is 0.338 e. The largest absolute Gasteiger partial charge is 0.508 e. The molecule has 0 atom stereocenters. The second kappa shape index (κ2) is 7.67. The van der Waals surface area contributed by atoms with Crippen LogP contribution >= 0.6 is 0 Å². The monoisotopic (exact) mass is 363 g/mol. The van der Waals surface area contributed by atoms with Gasteiger partial charge in [-0.1, -0.05) is 17.7 Å². The molecule has 0 aliphatic heterocycles. The van der Waals surface area contributed by atoms with Gasteiger partial charge in [0.2, 0.25) is 10.0 Å². The molecular formula is C18H21NO5S. The molecule has 0 aliphatic rings. The van der Waals surface area contributed by atoms with Crippen molar-refractivity contribution in [2.45, 2.75) is 25.7 Å². The maximum Gasteiger partial charge on any atom is 0.338 e. The summed E-state index contributed by atoms with van der Waals surface area (Å²) >= 11 is 0. The maximum absolute atomic E-state index is 12.5. The third kappa shape index (κ3) is 4.80. The molecule has 25 heavy (non-hydrogen) atoms. The summed E-state index contributed by atoms with van der Waals surface area (Å²) in [7, 11) is -3.68. The van der Waals surface area contributed by atoms with E-state index in [2.05, 4.69) is 4.72 Å². The summed E-state index contributed by atoms with van der Waals surface area (Å²) in [6.07, 6.45) is 0. The van der Waals surface area contributed by atoms with Crippen molar-refractivity contribution in [3.05, 3.63) is 58.7 Å². The lowest BCUT2D eigenvalue weighted by atomic mass is 10.1. The molecule has 0 amide bonds. The zero-order chi connectivity index (χ0) is 18.6. The van der Waals surface area contributed by atoms with Crippen LogP contribution in [0, 0.1) is 20.8 Å². The standard InChI is InChI=1S/C18H21NO5S/c1-12-10-13(2)17(14(3)11-12)25(22,23)19-8-9-24-18(21)15-4-6-16(20)7-5-15/h4-7,10-11,19-20H,8-9H2,1-3H3. The summed E-state index contributed by atoms with van der Waals surface area (Å²) in [4.78, 5) is 12.1. The summed E-state index contributed by atoms with van der Waals surface area (Å²) in [6.45, 7) is 5.28. The molecule has 0 aromatic heterocycles. The van der Waals surface area contributed by atoms with Crippen molar-refractivity contribution in [2.75, 3.05) is 13.2 Å². The van der Waals surface area contributed by atoms with Crippen LogP contribution in [0.1, 0.15) is 27.0 Å². The second-order valence-corrected chi connectivity index (χ2v) is 7.51. The number of ether oxygens (including phenoxy) is 1. The van der Waals surface area contributed by atoms with Gasteiger partial charge in [0.05, 0.1) is 10.5 Å². The number of sulfonamides is 1. The number of hydrogen-bond donors (Lipinski definition) is 2. The number of esters is 1. The first-order valence-corrected chi connectivity index (χ1v) is 9.22. The summed E-state index contributed by atoms with van der Waals surface area (Å²) in [5.74, 6) is -0.532. The van der Waals surface area contributed by atoms with Gasteiger partial charge < -0.3 is 9.84 Å². The number of carbonyl (C=O) groups excluding carboxylic acids is 1. The number of aryl methyl sites for hydroxylation is 3. The van der Waals surface area contributed by atoms with Crippen molar-refractivity contribution in [2.24, 2.45) is 0 Å². The molecule has 0 spiro atoms. The summed E-state index contributed by atoms with van der Waals surface area (Å²) in [6, 6.07) is 9.24. The number of hydrogen-bond acceptors (Lipinski definition) is 5. The van der Waals surface area contributed by atoms with Crippen molar-refractivity contribution >= 4 is 16.0 Å². The van der Waals surface area contributed by atoms with E-state index in [0.29, 0.717) is 11.1 Å². The number of phenols is 1. The summed E-state index contributed by atoms with van der Waals surface area (Å²) in [5.41, 5.74) is 2.62. The molecule has 0 fully saturated rings. The van der Waals surface area contributed by atoms with Gasteiger partial charge in [-0.15, -0.1) is 0 Å². The molecule has 6 nitrogen and oxygen atoms in total. The zero-order valence-electron chi connectivity index (χ0n) is 14.4. The van der Waals surface area contributed by atoms with E-state index in [1.165, 1.54) is 24.3 Å². The van der Waals surface area contributed by atoms with Crippen molar-refractivity contribution in [3.63, 3.8) is 0 Å². The van der Waals surface area contributed by atoms with Crippen LogP contribution in [0.4, 0.5) is 0 Å². The number of phenolic OH excluding ortho intramolecular Hbond substituents is 1. The molecule has 0 aliphatic carbocycles. The first kappa shape index (κ1) is 19.0. The van der Waals surface area contributed by atoms with E-state index in [4.69, 9.17) is 4.74 Å². The molecule has 134 valence electrons. The molecule has 2 rings (SSSR count). The maximum atomic E-state index is 12.5. The highest BCUT2D eigenvalue weighted by atomic mass is 32.2. The minimum absolute atomic E-state index is 0.0289. The number of nitrogens with one attached hydrogen (secondary N) is 1. The Morgan fingerprint density at radius 3 is 2.20 bits per heavy atom. The van der Waals surface area contributed by atoms with Gasteiger partial charge in [0.1, 0.15) is 12.4 Å². The highest BCUT2D eigenvalue weighted by Gasteiger charge is 2.19. The third-order valence-corrected chi connectivity index (χ3v) is 5.37. The summed E-state index contributed by atoms with van der Waals surface area (Å²) < 4.78 is 32.4. The van der Waals surface area contributed by atoms with E-state index in [1.807, 2.05) is 19.1 Å². The number of benzene rings is 2. The van der Waals surface area contributed by atoms with E-state index in [9.17, 15) is 18.3 Å². The van der Waals surface area contributed by atoms with Gasteiger partial charge in [-0.3, -0.25) is 0 Å². The lowest BCUT2D eigenvalue weighted by Gasteiger charge is -2.13. The van der Waals surface area contributed by atoms with Gasteiger partial charge in [0.15, 0.2) is 0 Å². The minimum atomic E-state index is -3.68. The van der Waals surface area contributed by atoms with E-state index in [1.54, 1.807) is 13.8 Å². The molecule has 2 N–H and O–H groups in total. The zero-order valence-corrected chi connectivity index (χ0v) is 15.2. The molecule has 0 saturated heterocycles. The van der Waals surface area contributed by atoms with Crippen LogP contribution in [0.25, 0.3) is 0 Å². The van der Waals surface area contributed by atoms with Crippen LogP contribution in [0.3, 0.4) is 0 Å². The molecule has 0 saturated carbocycles. The quantitative estimate of drug-likeness (QED) is 0.607. The highest BCUT2D eigenvalue weighted by molar-refractivity contribution is 7.89. The molecule has 7 heteroatoms. The molecule has 0 radical (unpaired) electrons. The third-order valence-electron chi connectivity index (χ3n) is 3.60. The van der Waals surface area contributed by atoms with Crippen LogP contribution in [-0.4, -0.2) is 32.6 Å². The Hall–Kier alpha value is -2.38. The number of rotatable bonds is 6. The van der Waals surface area contributed by atoms with E-state index in [0.717, 1.165) is 5.56 Å². The van der Waals surface area contributed by atoms with Crippen molar-refractivity contribution in [1.29, 1.82) is 0 Å². The first-order valence-electron chi connectivity index (χ1n) is 7.74. The molecule has 0 heterocycles. The van der Waals surface area contributed by atoms with Gasteiger partial charge in [0.25, 0.3) is 0 Å². The van der Waals surface area contributed by atoms with E-state index >= 15 is 0 Å². The molecular weight excluding hydrogens is 342 g/mol. The average molecular weight is 363 g/mol. The second-order valence-electron chi connectivity index (χ2n) is 5.81. The van der Waals surface area contributed by atoms with Crippen LogP contribution in [0.15, 0.2) is 41.3 Å².